The molecule has 2 aromatic rings. The maximum absolute atomic E-state index is 11.7. The number of carbonyl (C=O) groups is 1. The number of aromatic nitrogens is 5. The average Bonchev–Trinajstić information content (AvgIpc) is 3.03. The highest BCUT2D eigenvalue weighted by atomic mass is 32.2. The number of nitrogens with zero attached hydrogens (tertiary/aromatic N) is 5. The topological polar surface area (TPSA) is 77.6 Å². The number of hydrogen-bond acceptors (Lipinski definition) is 5. The van der Waals surface area contributed by atoms with E-state index in [-0.39, 0.29) is 11.9 Å². The number of carbonyl (C=O) groups excluding carboxylic acids is 1. The third kappa shape index (κ3) is 3.16. The summed E-state index contributed by atoms with van der Waals surface area (Å²) < 4.78 is 3.91. The number of fused-ring (bicyclic) bond motifs is 1. The minimum Gasteiger partial charge on any atom is -0.353 e. The van der Waals surface area contributed by atoms with Crippen molar-refractivity contribution in [3.8, 4) is 11.4 Å². The molecule has 0 fully saturated rings. The Hall–Kier alpha value is -1.83. The third-order valence-corrected chi connectivity index (χ3v) is 4.40. The second-order valence-electron chi connectivity index (χ2n) is 5.52. The Balaban J connectivity index is 1.72. The molecule has 1 amide bonds. The van der Waals surface area contributed by atoms with Gasteiger partial charge in [0.15, 0.2) is 5.82 Å². The van der Waals surface area contributed by atoms with E-state index < -0.39 is 0 Å². The molecular formula is C14H20N6OS. The van der Waals surface area contributed by atoms with Gasteiger partial charge in [-0.2, -0.15) is 16.9 Å². The fourth-order valence-corrected chi connectivity index (χ4v) is 3.13. The molecule has 0 spiro atoms. The first-order valence-electron chi connectivity index (χ1n) is 7.36. The van der Waals surface area contributed by atoms with Crippen LogP contribution in [0.3, 0.4) is 0 Å². The van der Waals surface area contributed by atoms with Crippen LogP contribution < -0.4 is 5.32 Å². The van der Waals surface area contributed by atoms with Crippen molar-refractivity contribution in [1.82, 2.24) is 29.9 Å². The lowest BCUT2D eigenvalue weighted by atomic mass is 10.1. The number of nitrogens with one attached hydrogen (secondary N) is 1. The molecule has 1 N–H and O–H groups in total. The molecule has 118 valence electrons. The highest BCUT2D eigenvalue weighted by molar-refractivity contribution is 7.99. The van der Waals surface area contributed by atoms with Gasteiger partial charge in [-0.05, 0) is 19.1 Å². The Morgan fingerprint density at radius 3 is 3.05 bits per heavy atom. The first-order valence-corrected chi connectivity index (χ1v) is 8.76. The van der Waals surface area contributed by atoms with Gasteiger partial charge in [-0.25, -0.2) is 0 Å². The van der Waals surface area contributed by atoms with Gasteiger partial charge in [0.05, 0.1) is 17.5 Å². The van der Waals surface area contributed by atoms with Crippen LogP contribution in [0, 0.1) is 0 Å². The molecule has 0 aromatic carbocycles. The van der Waals surface area contributed by atoms with Gasteiger partial charge < -0.3 is 9.88 Å². The van der Waals surface area contributed by atoms with Crippen molar-refractivity contribution in [1.29, 1.82) is 0 Å². The number of rotatable bonds is 4. The van der Waals surface area contributed by atoms with E-state index in [4.69, 9.17) is 0 Å². The summed E-state index contributed by atoms with van der Waals surface area (Å²) in [5, 5.41) is 15.9. The molecule has 0 radical (unpaired) electrons. The van der Waals surface area contributed by atoms with E-state index in [2.05, 4.69) is 25.2 Å². The van der Waals surface area contributed by atoms with Gasteiger partial charge in [0.1, 0.15) is 5.82 Å². The van der Waals surface area contributed by atoms with Gasteiger partial charge in [-0.1, -0.05) is 0 Å². The van der Waals surface area contributed by atoms with Crippen LogP contribution in [0.25, 0.3) is 11.4 Å². The Bertz CT molecular complexity index is 664. The SMILES string of the molecule is CSCC(=O)NC1CCc2nnc(-c3cnn(C)c3)n2CC1. The fraction of sp³-hybridized carbons (Fsp3) is 0.571. The fourth-order valence-electron chi connectivity index (χ4n) is 2.78. The lowest BCUT2D eigenvalue weighted by Gasteiger charge is -2.15. The van der Waals surface area contributed by atoms with Crippen molar-refractivity contribution in [3.63, 3.8) is 0 Å². The van der Waals surface area contributed by atoms with Gasteiger partial charge in [0, 0.05) is 32.3 Å². The zero-order valence-corrected chi connectivity index (χ0v) is 13.6. The van der Waals surface area contributed by atoms with Crippen molar-refractivity contribution in [2.75, 3.05) is 12.0 Å². The van der Waals surface area contributed by atoms with E-state index in [9.17, 15) is 4.79 Å². The molecule has 0 saturated carbocycles. The van der Waals surface area contributed by atoms with Crippen molar-refractivity contribution >= 4 is 17.7 Å². The van der Waals surface area contributed by atoms with Crippen LogP contribution in [0.1, 0.15) is 18.7 Å². The van der Waals surface area contributed by atoms with Gasteiger partial charge in [0.2, 0.25) is 5.91 Å². The van der Waals surface area contributed by atoms with E-state index in [1.807, 2.05) is 19.5 Å². The van der Waals surface area contributed by atoms with Crippen LogP contribution in [0.4, 0.5) is 0 Å². The number of hydrogen-bond donors (Lipinski definition) is 1. The quantitative estimate of drug-likeness (QED) is 0.904. The lowest BCUT2D eigenvalue weighted by molar-refractivity contribution is -0.119. The molecule has 3 rings (SSSR count). The number of amides is 1. The summed E-state index contributed by atoms with van der Waals surface area (Å²) in [6.07, 6.45) is 8.33. The summed E-state index contributed by atoms with van der Waals surface area (Å²) in [6, 6.07) is 0.211. The molecule has 1 atom stereocenters. The molecule has 8 heteroatoms. The van der Waals surface area contributed by atoms with Crippen LogP contribution in [0.2, 0.25) is 0 Å². The summed E-state index contributed by atoms with van der Waals surface area (Å²) in [7, 11) is 1.89. The van der Waals surface area contributed by atoms with E-state index in [1.54, 1.807) is 22.6 Å². The van der Waals surface area contributed by atoms with E-state index in [0.717, 1.165) is 43.0 Å². The van der Waals surface area contributed by atoms with Gasteiger partial charge in [0.25, 0.3) is 0 Å². The van der Waals surface area contributed by atoms with Gasteiger partial charge in [-0.15, -0.1) is 10.2 Å². The normalized spacial score (nSPS) is 17.8. The third-order valence-electron chi connectivity index (χ3n) is 3.85. The van der Waals surface area contributed by atoms with E-state index in [1.165, 1.54) is 0 Å². The summed E-state index contributed by atoms with van der Waals surface area (Å²) in [6.45, 7) is 0.816. The zero-order valence-electron chi connectivity index (χ0n) is 12.8. The highest BCUT2D eigenvalue weighted by Gasteiger charge is 2.22. The second-order valence-corrected chi connectivity index (χ2v) is 6.38. The Kier molecular flexibility index (Phi) is 4.47. The molecular weight excluding hydrogens is 300 g/mol. The summed E-state index contributed by atoms with van der Waals surface area (Å²) in [4.78, 5) is 11.7. The Morgan fingerprint density at radius 2 is 2.32 bits per heavy atom. The molecule has 1 aliphatic heterocycles. The minimum absolute atomic E-state index is 0.114. The number of aryl methyl sites for hydroxylation is 2. The van der Waals surface area contributed by atoms with Crippen LogP contribution in [0.5, 0.6) is 0 Å². The Morgan fingerprint density at radius 1 is 1.45 bits per heavy atom. The van der Waals surface area contributed by atoms with Crippen LogP contribution in [0.15, 0.2) is 12.4 Å². The first kappa shape index (κ1) is 15.1. The molecule has 0 bridgehead atoms. The van der Waals surface area contributed by atoms with Crippen LogP contribution in [-0.4, -0.2) is 48.5 Å². The summed E-state index contributed by atoms with van der Waals surface area (Å²) in [5.41, 5.74) is 0.978. The number of thioether (sulfide) groups is 1. The van der Waals surface area contributed by atoms with Crippen molar-refractivity contribution in [2.45, 2.75) is 31.8 Å². The van der Waals surface area contributed by atoms with Crippen molar-refractivity contribution in [2.24, 2.45) is 7.05 Å². The molecule has 1 aliphatic rings. The molecule has 0 saturated heterocycles. The van der Waals surface area contributed by atoms with Gasteiger partial charge in [-0.3, -0.25) is 9.48 Å². The zero-order chi connectivity index (χ0) is 15.5. The molecule has 3 heterocycles. The molecule has 7 nitrogen and oxygen atoms in total. The van der Waals surface area contributed by atoms with Crippen LogP contribution in [-0.2, 0) is 24.8 Å². The lowest BCUT2D eigenvalue weighted by Crippen LogP contribution is -2.36. The van der Waals surface area contributed by atoms with E-state index in [0.29, 0.717) is 5.75 Å². The summed E-state index contributed by atoms with van der Waals surface area (Å²) in [5.74, 6) is 2.48. The summed E-state index contributed by atoms with van der Waals surface area (Å²) >= 11 is 1.55. The maximum Gasteiger partial charge on any atom is 0.230 e. The second kappa shape index (κ2) is 6.51. The predicted molar refractivity (Wildman–Crippen MR) is 85.5 cm³/mol. The maximum atomic E-state index is 11.7. The first-order chi connectivity index (χ1) is 10.7. The largest absolute Gasteiger partial charge is 0.353 e. The average molecular weight is 320 g/mol. The molecule has 1 unspecified atom stereocenters. The van der Waals surface area contributed by atoms with Crippen molar-refractivity contribution in [3.05, 3.63) is 18.2 Å². The standard InChI is InChI=1S/C14H20N6OS/c1-19-8-10(7-15-19)14-18-17-12-4-3-11(5-6-20(12)14)16-13(21)9-22-2/h7-8,11H,3-6,9H2,1-2H3,(H,16,21). The smallest absolute Gasteiger partial charge is 0.230 e. The van der Waals surface area contributed by atoms with Crippen molar-refractivity contribution < 1.29 is 4.79 Å². The molecule has 2 aromatic heterocycles. The Labute approximate surface area is 133 Å². The molecule has 0 aliphatic carbocycles. The monoisotopic (exact) mass is 320 g/mol. The predicted octanol–water partition coefficient (Wildman–Crippen LogP) is 0.863. The van der Waals surface area contributed by atoms with Crippen LogP contribution >= 0.6 is 11.8 Å². The van der Waals surface area contributed by atoms with E-state index >= 15 is 0 Å². The highest BCUT2D eigenvalue weighted by Crippen LogP contribution is 2.22. The minimum atomic E-state index is 0.114. The van der Waals surface area contributed by atoms with Gasteiger partial charge >= 0.3 is 0 Å². The molecule has 22 heavy (non-hydrogen) atoms.